The van der Waals surface area contributed by atoms with Crippen LogP contribution in [0.3, 0.4) is 0 Å². The fourth-order valence-electron chi connectivity index (χ4n) is 4.04. The molecule has 1 N–H and O–H groups in total. The zero-order chi connectivity index (χ0) is 24.7. The smallest absolute Gasteiger partial charge is 0.257 e. The molecule has 10 heteroatoms. The molecule has 0 atom stereocenters. The highest BCUT2D eigenvalue weighted by molar-refractivity contribution is 7.89. The number of nitrogens with one attached hydrogen (secondary N) is 1. The van der Waals surface area contributed by atoms with E-state index in [0.29, 0.717) is 56.3 Å². The molecule has 0 spiro atoms. The number of amides is 1. The molecule has 186 valence electrons. The van der Waals surface area contributed by atoms with E-state index in [-0.39, 0.29) is 10.8 Å². The topological polar surface area (TPSA) is 95.1 Å². The Balaban J connectivity index is 1.95. The number of morpholine rings is 1. The number of benzene rings is 1. The van der Waals surface area contributed by atoms with Crippen molar-refractivity contribution in [2.24, 2.45) is 0 Å². The van der Waals surface area contributed by atoms with Gasteiger partial charge < -0.3 is 19.9 Å². The first kappa shape index (κ1) is 25.9. The summed E-state index contributed by atoms with van der Waals surface area (Å²) in [6.45, 7) is 12.5. The highest BCUT2D eigenvalue weighted by Crippen LogP contribution is 2.28. The minimum absolute atomic E-state index is 0.105. The molecule has 9 nitrogen and oxygen atoms in total. The molecule has 0 aliphatic carbocycles. The second kappa shape index (κ2) is 11.6. The Morgan fingerprint density at radius 1 is 1.03 bits per heavy atom. The summed E-state index contributed by atoms with van der Waals surface area (Å²) in [4.78, 5) is 22.1. The van der Waals surface area contributed by atoms with Crippen molar-refractivity contribution >= 4 is 33.1 Å². The molecular weight excluding hydrogens is 454 g/mol. The molecule has 2 aromatic rings. The van der Waals surface area contributed by atoms with Crippen molar-refractivity contribution in [1.29, 1.82) is 0 Å². The third kappa shape index (κ3) is 5.68. The van der Waals surface area contributed by atoms with Crippen molar-refractivity contribution in [3.63, 3.8) is 0 Å². The van der Waals surface area contributed by atoms with Gasteiger partial charge in [0.25, 0.3) is 5.91 Å². The number of hydrogen-bond acceptors (Lipinski definition) is 7. The van der Waals surface area contributed by atoms with Gasteiger partial charge in [-0.3, -0.25) is 4.79 Å². The number of nitrogens with zero attached hydrogens (tertiary/aromatic N) is 4. The molecule has 0 radical (unpaired) electrons. The molecule has 1 amide bonds. The molecule has 1 saturated heterocycles. The summed E-state index contributed by atoms with van der Waals surface area (Å²) in [5, 5.41) is 2.89. The van der Waals surface area contributed by atoms with Crippen molar-refractivity contribution in [3.8, 4) is 0 Å². The summed E-state index contributed by atoms with van der Waals surface area (Å²) in [6, 6.07) is 8.45. The number of carbonyl (C=O) groups is 1. The number of pyridine rings is 1. The van der Waals surface area contributed by atoms with Gasteiger partial charge in [-0.2, -0.15) is 4.31 Å². The molecule has 1 fully saturated rings. The minimum Gasteiger partial charge on any atom is -0.378 e. The summed E-state index contributed by atoms with van der Waals surface area (Å²) in [6.07, 6.45) is 1.62. The first-order valence-electron chi connectivity index (χ1n) is 11.8. The highest BCUT2D eigenvalue weighted by Gasteiger charge is 2.26. The van der Waals surface area contributed by atoms with E-state index >= 15 is 0 Å². The maximum Gasteiger partial charge on any atom is 0.257 e. The van der Waals surface area contributed by atoms with Crippen LogP contribution >= 0.6 is 0 Å². The van der Waals surface area contributed by atoms with Crippen molar-refractivity contribution in [1.82, 2.24) is 9.29 Å². The van der Waals surface area contributed by atoms with Gasteiger partial charge in [-0.25, -0.2) is 13.4 Å². The summed E-state index contributed by atoms with van der Waals surface area (Å²) < 4.78 is 33.1. The molecule has 1 aromatic carbocycles. The molecular formula is C24H35N5O4S. The molecule has 34 heavy (non-hydrogen) atoms. The predicted octanol–water partition coefficient (Wildman–Crippen LogP) is 3.05. The molecule has 2 heterocycles. The van der Waals surface area contributed by atoms with Gasteiger partial charge in [0, 0.05) is 45.0 Å². The van der Waals surface area contributed by atoms with Crippen LogP contribution in [0.15, 0.2) is 41.4 Å². The molecule has 1 aromatic heterocycles. The van der Waals surface area contributed by atoms with Crippen LogP contribution in [0.5, 0.6) is 0 Å². The first-order chi connectivity index (χ1) is 16.3. The Morgan fingerprint density at radius 2 is 1.71 bits per heavy atom. The van der Waals surface area contributed by atoms with Crippen LogP contribution in [0.4, 0.5) is 17.2 Å². The Morgan fingerprint density at radius 3 is 2.26 bits per heavy atom. The third-order valence-corrected chi connectivity index (χ3v) is 8.05. The number of sulfonamides is 1. The third-order valence-electron chi connectivity index (χ3n) is 6.00. The van der Waals surface area contributed by atoms with E-state index in [1.807, 2.05) is 17.0 Å². The summed E-state index contributed by atoms with van der Waals surface area (Å²) in [5.74, 6) is 0.458. The van der Waals surface area contributed by atoms with Gasteiger partial charge in [0.15, 0.2) is 0 Å². The second-order valence-corrected chi connectivity index (χ2v) is 9.84. The average molecular weight is 490 g/mol. The van der Waals surface area contributed by atoms with Crippen LogP contribution in [-0.4, -0.2) is 76.1 Å². The largest absolute Gasteiger partial charge is 0.378 e. The van der Waals surface area contributed by atoms with Crippen molar-refractivity contribution < 1.29 is 17.9 Å². The molecule has 0 bridgehead atoms. The van der Waals surface area contributed by atoms with Gasteiger partial charge in [0.1, 0.15) is 5.82 Å². The van der Waals surface area contributed by atoms with Gasteiger partial charge in [0.05, 0.1) is 35.6 Å². The average Bonchev–Trinajstić information content (AvgIpc) is 2.86. The minimum atomic E-state index is -3.71. The standard InChI is InChI=1S/C24H35N5O4S/c1-5-27(6-2)23-12-9-19(18-25-23)26-24(30)21-17-20(34(31,32)29(7-3)8-4)10-11-22(21)28-13-15-33-16-14-28/h9-12,17-18H,5-8,13-16H2,1-4H3,(H,26,30). The van der Waals surface area contributed by atoms with Gasteiger partial charge in [0.2, 0.25) is 10.0 Å². The van der Waals surface area contributed by atoms with Crippen LogP contribution in [0.2, 0.25) is 0 Å². The van der Waals surface area contributed by atoms with E-state index in [9.17, 15) is 13.2 Å². The van der Waals surface area contributed by atoms with Gasteiger partial charge in [-0.1, -0.05) is 13.8 Å². The van der Waals surface area contributed by atoms with Gasteiger partial charge >= 0.3 is 0 Å². The Labute approximate surface area is 202 Å². The Bertz CT molecular complexity index is 1060. The summed E-state index contributed by atoms with van der Waals surface area (Å²) >= 11 is 0. The lowest BCUT2D eigenvalue weighted by atomic mass is 10.1. The number of hydrogen-bond donors (Lipinski definition) is 1. The molecule has 1 aliphatic rings. The van der Waals surface area contributed by atoms with Gasteiger partial charge in [-0.05, 0) is 44.2 Å². The van der Waals surface area contributed by atoms with Crippen molar-refractivity contribution in [2.45, 2.75) is 32.6 Å². The number of carbonyl (C=O) groups excluding carboxylic acids is 1. The second-order valence-electron chi connectivity index (χ2n) is 7.90. The van der Waals surface area contributed by atoms with E-state index < -0.39 is 10.0 Å². The lowest BCUT2D eigenvalue weighted by molar-refractivity contribution is 0.102. The number of ether oxygens (including phenoxy) is 1. The van der Waals surface area contributed by atoms with Crippen molar-refractivity contribution in [3.05, 3.63) is 42.1 Å². The van der Waals surface area contributed by atoms with Gasteiger partial charge in [-0.15, -0.1) is 0 Å². The van der Waals surface area contributed by atoms with Crippen molar-refractivity contribution in [2.75, 3.05) is 67.6 Å². The van der Waals surface area contributed by atoms with Crippen LogP contribution in [0.1, 0.15) is 38.1 Å². The number of aromatic nitrogens is 1. The quantitative estimate of drug-likeness (QED) is 0.548. The maximum absolute atomic E-state index is 13.4. The van der Waals surface area contributed by atoms with Crippen LogP contribution < -0.4 is 15.1 Å². The fraction of sp³-hybridized carbons (Fsp3) is 0.500. The highest BCUT2D eigenvalue weighted by atomic mass is 32.2. The van der Waals surface area contributed by atoms with E-state index in [1.165, 1.54) is 10.4 Å². The maximum atomic E-state index is 13.4. The Kier molecular flexibility index (Phi) is 8.87. The lowest BCUT2D eigenvalue weighted by Gasteiger charge is -2.30. The van der Waals surface area contributed by atoms with E-state index in [2.05, 4.69) is 29.0 Å². The normalized spacial score (nSPS) is 14.3. The molecule has 0 saturated carbocycles. The first-order valence-corrected chi connectivity index (χ1v) is 13.3. The Hall–Kier alpha value is -2.69. The zero-order valence-electron chi connectivity index (χ0n) is 20.5. The molecule has 3 rings (SSSR count). The summed E-state index contributed by atoms with van der Waals surface area (Å²) in [5.41, 5.74) is 1.54. The molecule has 0 unspecified atom stereocenters. The van der Waals surface area contributed by atoms with E-state index in [4.69, 9.17) is 4.74 Å². The van der Waals surface area contributed by atoms with E-state index in [0.717, 1.165) is 18.9 Å². The fourth-order valence-corrected chi connectivity index (χ4v) is 5.53. The lowest BCUT2D eigenvalue weighted by Crippen LogP contribution is -2.37. The zero-order valence-corrected chi connectivity index (χ0v) is 21.3. The van der Waals surface area contributed by atoms with E-state index in [1.54, 1.807) is 32.2 Å². The predicted molar refractivity (Wildman–Crippen MR) is 135 cm³/mol. The van der Waals surface area contributed by atoms with Crippen LogP contribution in [0, 0.1) is 0 Å². The van der Waals surface area contributed by atoms with Crippen LogP contribution in [0.25, 0.3) is 0 Å². The summed E-state index contributed by atoms with van der Waals surface area (Å²) in [7, 11) is -3.71. The molecule has 1 aliphatic heterocycles. The SMILES string of the molecule is CCN(CC)c1ccc(NC(=O)c2cc(S(=O)(=O)N(CC)CC)ccc2N2CCOCC2)cn1. The monoisotopic (exact) mass is 489 g/mol. The van der Waals surface area contributed by atoms with Crippen LogP contribution in [-0.2, 0) is 14.8 Å². The number of rotatable bonds is 10. The number of anilines is 3.